The fraction of sp³-hybridized carbons (Fsp3) is 0.115. The van der Waals surface area contributed by atoms with Crippen LogP contribution in [0.3, 0.4) is 0 Å². The fourth-order valence-electron chi connectivity index (χ4n) is 4.42. The maximum Gasteiger partial charge on any atom is 0.100 e. The zero-order chi connectivity index (χ0) is 21.7. The van der Waals surface area contributed by atoms with Crippen LogP contribution >= 0.6 is 11.8 Å². The maximum absolute atomic E-state index is 7.97. The Bertz CT molecular complexity index is 1410. The Balaban J connectivity index is 1.29. The van der Waals surface area contributed by atoms with Gasteiger partial charge in [-0.25, -0.2) is 0 Å². The zero-order valence-electron chi connectivity index (χ0n) is 17.5. The van der Waals surface area contributed by atoms with Crippen LogP contribution in [0.25, 0.3) is 24.4 Å². The first-order chi connectivity index (χ1) is 15.6. The highest BCUT2D eigenvalue weighted by Gasteiger charge is 2.24. The van der Waals surface area contributed by atoms with Gasteiger partial charge in [0.1, 0.15) is 5.82 Å². The second kappa shape index (κ2) is 7.50. The van der Waals surface area contributed by atoms with E-state index in [2.05, 4.69) is 88.7 Å². The van der Waals surface area contributed by atoms with Crippen LogP contribution in [-0.4, -0.2) is 5.71 Å². The summed E-state index contributed by atoms with van der Waals surface area (Å²) in [5.74, 6) is 0.806. The van der Waals surface area contributed by atoms with Gasteiger partial charge in [-0.3, -0.25) is 0 Å². The van der Waals surface area contributed by atoms with E-state index in [1.54, 1.807) is 11.8 Å². The first kappa shape index (κ1) is 19.1. The van der Waals surface area contributed by atoms with Crippen molar-refractivity contribution >= 4 is 53.3 Å². The summed E-state index contributed by atoms with van der Waals surface area (Å²) < 4.78 is 0. The first-order valence-electron chi connectivity index (χ1n) is 10.7. The molecule has 3 aliphatic heterocycles. The van der Waals surface area contributed by atoms with Crippen molar-refractivity contribution in [2.75, 3.05) is 10.6 Å². The molecular formula is C26H23N5S. The highest BCUT2D eigenvalue weighted by Crippen LogP contribution is 2.40. The Hall–Kier alpha value is -3.64. The van der Waals surface area contributed by atoms with Crippen LogP contribution < -0.4 is 31.7 Å². The molecule has 0 saturated heterocycles. The maximum atomic E-state index is 7.97. The van der Waals surface area contributed by atoms with E-state index in [1.807, 2.05) is 0 Å². The van der Waals surface area contributed by atoms with E-state index < -0.39 is 0 Å². The number of rotatable bonds is 2. The molecule has 5 N–H and O–H groups in total. The van der Waals surface area contributed by atoms with Crippen LogP contribution in [0.15, 0.2) is 70.1 Å². The standard InChI is InChI=1S/C26H23N5S/c1-15-29-22-7-5-16(10-24(22)30-15)9-20-11-17-3-2-4-18(21(17)14-28-20)12-26-31-23-8-6-19(27)13-25(23)32-26/h2-5,7,9-12,14,27-31H,1,6,8,13H2/b20-9+,26-12-,27-19?. The van der Waals surface area contributed by atoms with Crippen molar-refractivity contribution in [1.82, 2.24) is 10.6 Å². The van der Waals surface area contributed by atoms with Crippen LogP contribution in [0.2, 0.25) is 0 Å². The molecule has 0 saturated carbocycles. The van der Waals surface area contributed by atoms with E-state index in [-0.39, 0.29) is 0 Å². The lowest BCUT2D eigenvalue weighted by Gasteiger charge is -2.12. The third-order valence-electron chi connectivity index (χ3n) is 5.99. The Morgan fingerprint density at radius 2 is 1.91 bits per heavy atom. The number of benzene rings is 2. The molecule has 4 aliphatic rings. The molecule has 6 heteroatoms. The number of hydrogen-bond acceptors (Lipinski definition) is 6. The van der Waals surface area contributed by atoms with E-state index in [0.29, 0.717) is 0 Å². The van der Waals surface area contributed by atoms with Gasteiger partial charge in [0.05, 0.1) is 16.4 Å². The topological polar surface area (TPSA) is 72.0 Å². The fourth-order valence-corrected chi connectivity index (χ4v) is 5.56. The molecule has 0 aromatic heterocycles. The minimum atomic E-state index is 0.787. The molecule has 5 nitrogen and oxygen atoms in total. The predicted molar refractivity (Wildman–Crippen MR) is 136 cm³/mol. The third kappa shape index (κ3) is 3.52. The van der Waals surface area contributed by atoms with Gasteiger partial charge in [-0.15, -0.1) is 0 Å². The summed E-state index contributed by atoms with van der Waals surface area (Å²) in [6.45, 7) is 3.92. The summed E-state index contributed by atoms with van der Waals surface area (Å²) in [6.07, 6.45) is 11.2. The smallest absolute Gasteiger partial charge is 0.100 e. The van der Waals surface area contributed by atoms with Crippen molar-refractivity contribution < 1.29 is 0 Å². The van der Waals surface area contributed by atoms with Crippen molar-refractivity contribution in [1.29, 1.82) is 5.41 Å². The highest BCUT2D eigenvalue weighted by molar-refractivity contribution is 8.07. The van der Waals surface area contributed by atoms with E-state index in [4.69, 9.17) is 5.41 Å². The van der Waals surface area contributed by atoms with Crippen molar-refractivity contribution in [3.8, 4) is 0 Å². The molecule has 0 radical (unpaired) electrons. The van der Waals surface area contributed by atoms with Crippen molar-refractivity contribution in [3.05, 3.63) is 91.7 Å². The third-order valence-corrected chi connectivity index (χ3v) is 7.06. The SMILES string of the molecule is C=C1Nc2ccc(/C=C3\C=c4cccc(/C=C5/NC6=C(CC(=N)CC6)S5)c4=CN3)cc2N1. The number of nitrogens with one attached hydrogen (secondary N) is 5. The van der Waals surface area contributed by atoms with Crippen LogP contribution in [0.1, 0.15) is 30.4 Å². The van der Waals surface area contributed by atoms with Crippen LogP contribution in [0, 0.1) is 5.41 Å². The van der Waals surface area contributed by atoms with E-state index >= 15 is 0 Å². The lowest BCUT2D eigenvalue weighted by atomic mass is 10.0. The molecule has 32 heavy (non-hydrogen) atoms. The molecule has 0 unspecified atom stereocenters. The number of allylic oxidation sites excluding steroid dienone is 3. The zero-order valence-corrected chi connectivity index (χ0v) is 18.3. The Labute approximate surface area is 190 Å². The molecule has 158 valence electrons. The lowest BCUT2D eigenvalue weighted by molar-refractivity contribution is 0.860. The summed E-state index contributed by atoms with van der Waals surface area (Å²) in [7, 11) is 0. The minimum Gasteiger partial charge on any atom is -0.361 e. The summed E-state index contributed by atoms with van der Waals surface area (Å²) >= 11 is 1.77. The molecule has 6 rings (SSSR count). The van der Waals surface area contributed by atoms with Crippen LogP contribution in [0.4, 0.5) is 11.4 Å². The Morgan fingerprint density at radius 3 is 2.84 bits per heavy atom. The van der Waals surface area contributed by atoms with Gasteiger partial charge in [0.2, 0.25) is 0 Å². The molecule has 2 aromatic rings. The predicted octanol–water partition coefficient (Wildman–Crippen LogP) is 4.21. The molecule has 0 fully saturated rings. The van der Waals surface area contributed by atoms with Gasteiger partial charge in [0.15, 0.2) is 0 Å². The van der Waals surface area contributed by atoms with E-state index in [0.717, 1.165) is 58.5 Å². The molecule has 0 amide bonds. The second-order valence-corrected chi connectivity index (χ2v) is 9.47. The number of fused-ring (bicyclic) bond motifs is 2. The molecule has 1 aliphatic carbocycles. The minimum absolute atomic E-state index is 0.787. The number of thioether (sulfide) groups is 1. The van der Waals surface area contributed by atoms with Gasteiger partial charge in [-0.05, 0) is 59.5 Å². The molecule has 3 heterocycles. The number of anilines is 2. The molecule has 0 spiro atoms. The molecule has 0 atom stereocenters. The van der Waals surface area contributed by atoms with E-state index in [1.165, 1.54) is 26.6 Å². The first-order valence-corrected chi connectivity index (χ1v) is 11.5. The summed E-state index contributed by atoms with van der Waals surface area (Å²) in [4.78, 5) is 1.30. The molecule has 2 aromatic carbocycles. The van der Waals surface area contributed by atoms with Gasteiger partial charge in [0, 0.05) is 39.9 Å². The number of hydrogen-bond donors (Lipinski definition) is 5. The summed E-state index contributed by atoms with van der Waals surface area (Å²) in [5.41, 5.74) is 7.59. The van der Waals surface area contributed by atoms with E-state index in [9.17, 15) is 0 Å². The van der Waals surface area contributed by atoms with Crippen LogP contribution in [0.5, 0.6) is 0 Å². The molecule has 0 bridgehead atoms. The molecular weight excluding hydrogens is 414 g/mol. The van der Waals surface area contributed by atoms with Crippen LogP contribution in [-0.2, 0) is 0 Å². The van der Waals surface area contributed by atoms with Crippen molar-refractivity contribution in [3.63, 3.8) is 0 Å². The monoisotopic (exact) mass is 437 g/mol. The largest absolute Gasteiger partial charge is 0.361 e. The van der Waals surface area contributed by atoms with Crippen molar-refractivity contribution in [2.24, 2.45) is 0 Å². The Morgan fingerprint density at radius 1 is 1.00 bits per heavy atom. The van der Waals surface area contributed by atoms with Gasteiger partial charge < -0.3 is 26.7 Å². The van der Waals surface area contributed by atoms with Crippen molar-refractivity contribution in [2.45, 2.75) is 19.3 Å². The quantitative estimate of drug-likeness (QED) is 0.487. The average molecular weight is 438 g/mol. The summed E-state index contributed by atoms with van der Waals surface area (Å²) in [6, 6.07) is 12.7. The average Bonchev–Trinajstić information content (AvgIpc) is 3.34. The van der Waals surface area contributed by atoms with Gasteiger partial charge >= 0.3 is 0 Å². The normalized spacial score (nSPS) is 21.0. The summed E-state index contributed by atoms with van der Waals surface area (Å²) in [5, 5.41) is 25.0. The van der Waals surface area contributed by atoms with Gasteiger partial charge in [-0.2, -0.15) is 0 Å². The van der Waals surface area contributed by atoms with Gasteiger partial charge in [-0.1, -0.05) is 42.6 Å². The lowest BCUT2D eigenvalue weighted by Crippen LogP contribution is -2.34. The second-order valence-electron chi connectivity index (χ2n) is 8.33. The highest BCUT2D eigenvalue weighted by atomic mass is 32.2. The van der Waals surface area contributed by atoms with Gasteiger partial charge in [0.25, 0.3) is 0 Å². The Kier molecular flexibility index (Phi) is 4.47.